The Labute approximate surface area is 40.4 Å². The van der Waals surface area contributed by atoms with Gasteiger partial charge in [0.25, 0.3) is 0 Å². The van der Waals surface area contributed by atoms with Crippen LogP contribution in [0.2, 0.25) is 0 Å². The highest BCUT2D eigenvalue weighted by Crippen LogP contribution is 2.33. The van der Waals surface area contributed by atoms with Crippen molar-refractivity contribution in [2.24, 2.45) is 0 Å². The van der Waals surface area contributed by atoms with Crippen LogP contribution in [-0.4, -0.2) is 13.0 Å². The van der Waals surface area contributed by atoms with Crippen LogP contribution in [0, 0.1) is 0 Å². The third-order valence-corrected chi connectivity index (χ3v) is 1.41. The van der Waals surface area contributed by atoms with Crippen LogP contribution in [0.15, 0.2) is 0 Å². The predicted molar refractivity (Wildman–Crippen MR) is 20.9 cm³/mol. The van der Waals surface area contributed by atoms with Crippen LogP contribution in [0.5, 0.6) is 0 Å². The second-order valence-electron chi connectivity index (χ2n) is 1.09. The van der Waals surface area contributed by atoms with Gasteiger partial charge in [0, 0.05) is 0 Å². The molecule has 0 amide bonds. The summed E-state index contributed by atoms with van der Waals surface area (Å²) in [5, 5.41) is 0. The van der Waals surface area contributed by atoms with E-state index in [0.29, 0.717) is 0 Å². The van der Waals surface area contributed by atoms with Gasteiger partial charge in [-0.3, -0.25) is 9.09 Å². The molecule has 2 unspecified atom stereocenters. The summed E-state index contributed by atoms with van der Waals surface area (Å²) >= 11 is 0. The lowest BCUT2D eigenvalue weighted by Crippen LogP contribution is -1.97. The topological polar surface area (TPSA) is 35.5 Å². The normalized spacial score (nSPS) is 41.9. The van der Waals surface area contributed by atoms with Gasteiger partial charge >= 0.3 is 8.25 Å². The summed E-state index contributed by atoms with van der Waals surface area (Å²) in [5.74, 6) is 0. The molecule has 7 heavy (non-hydrogen) atoms. The van der Waals surface area contributed by atoms with Crippen LogP contribution < -0.4 is 0 Å². The fraction of sp³-hybridized carbons (Fsp3) is 1.00. The molecule has 1 aliphatic heterocycles. The SMILES string of the molecule is O=[PH]1OCC(F)O1. The summed E-state index contributed by atoms with van der Waals surface area (Å²) in [6.07, 6.45) is -1.47. The Morgan fingerprint density at radius 2 is 2.57 bits per heavy atom. The van der Waals surface area contributed by atoms with E-state index in [1.807, 2.05) is 0 Å². The summed E-state index contributed by atoms with van der Waals surface area (Å²) in [4.78, 5) is 0. The van der Waals surface area contributed by atoms with Crippen LogP contribution in [0.25, 0.3) is 0 Å². The van der Waals surface area contributed by atoms with Crippen molar-refractivity contribution in [2.45, 2.75) is 6.36 Å². The molecular formula is C2H4FO3P. The van der Waals surface area contributed by atoms with Gasteiger partial charge < -0.3 is 4.52 Å². The van der Waals surface area contributed by atoms with E-state index in [9.17, 15) is 8.96 Å². The molecule has 0 aliphatic carbocycles. The summed E-state index contributed by atoms with van der Waals surface area (Å²) in [6, 6.07) is 0. The minimum atomic E-state index is -2.43. The molecule has 5 heteroatoms. The van der Waals surface area contributed by atoms with Crippen LogP contribution in [0.1, 0.15) is 0 Å². The maximum Gasteiger partial charge on any atom is 0.321 e. The van der Waals surface area contributed by atoms with E-state index in [0.717, 1.165) is 0 Å². The van der Waals surface area contributed by atoms with E-state index in [1.165, 1.54) is 0 Å². The molecule has 1 saturated heterocycles. The molecule has 0 aromatic heterocycles. The molecule has 3 nitrogen and oxygen atoms in total. The first kappa shape index (κ1) is 5.22. The molecule has 0 radical (unpaired) electrons. The van der Waals surface area contributed by atoms with Gasteiger partial charge in [-0.2, -0.15) is 0 Å². The first-order valence-electron chi connectivity index (χ1n) is 1.76. The predicted octanol–water partition coefficient (Wildman–Crippen LogP) is 0.718. The van der Waals surface area contributed by atoms with Gasteiger partial charge in [0.15, 0.2) is 0 Å². The van der Waals surface area contributed by atoms with Crippen molar-refractivity contribution < 1.29 is 18.0 Å². The molecule has 0 N–H and O–H groups in total. The quantitative estimate of drug-likeness (QED) is 0.448. The fourth-order valence-electron chi connectivity index (χ4n) is 0.306. The monoisotopic (exact) mass is 126 g/mol. The third-order valence-electron chi connectivity index (χ3n) is 0.556. The van der Waals surface area contributed by atoms with Crippen LogP contribution >= 0.6 is 8.25 Å². The lowest BCUT2D eigenvalue weighted by Gasteiger charge is -1.85. The summed E-state index contributed by atoms with van der Waals surface area (Å²) in [7, 11) is -2.43. The first-order valence-corrected chi connectivity index (χ1v) is 2.99. The molecule has 1 aliphatic rings. The van der Waals surface area contributed by atoms with Crippen molar-refractivity contribution in [1.82, 2.24) is 0 Å². The average molecular weight is 126 g/mol. The Balaban J connectivity index is 2.40. The number of hydrogen-bond acceptors (Lipinski definition) is 3. The largest absolute Gasteiger partial charge is 0.321 e. The summed E-state index contributed by atoms with van der Waals surface area (Å²) in [5.41, 5.74) is 0. The van der Waals surface area contributed by atoms with Crippen LogP contribution in [0.3, 0.4) is 0 Å². The van der Waals surface area contributed by atoms with Crippen molar-refractivity contribution in [2.75, 3.05) is 6.61 Å². The molecule has 0 aromatic rings. The minimum Gasteiger partial charge on any atom is -0.305 e. The molecule has 0 bridgehead atoms. The lowest BCUT2D eigenvalue weighted by atomic mass is 10.8. The molecular weight excluding hydrogens is 122 g/mol. The smallest absolute Gasteiger partial charge is 0.305 e. The number of halogens is 1. The number of hydrogen-bond donors (Lipinski definition) is 0. The van der Waals surface area contributed by atoms with E-state index in [1.54, 1.807) is 0 Å². The Kier molecular flexibility index (Phi) is 1.42. The van der Waals surface area contributed by atoms with E-state index in [2.05, 4.69) is 9.05 Å². The number of rotatable bonds is 0. The standard InChI is InChI=1S/C2H4FO3P/c3-2-1-5-7(4)6-2/h2,7H,1H2. The fourth-order valence-corrected chi connectivity index (χ4v) is 0.918. The molecule has 1 fully saturated rings. The van der Waals surface area contributed by atoms with E-state index >= 15 is 0 Å². The Bertz CT molecular complexity index is 94.9. The van der Waals surface area contributed by atoms with Crippen LogP contribution in [-0.2, 0) is 13.6 Å². The first-order chi connectivity index (χ1) is 3.29. The molecule has 0 aromatic carbocycles. The molecule has 2 atom stereocenters. The zero-order valence-corrected chi connectivity index (χ0v) is 4.39. The van der Waals surface area contributed by atoms with Gasteiger partial charge in [0.1, 0.15) is 6.61 Å². The van der Waals surface area contributed by atoms with Crippen LogP contribution in [0.4, 0.5) is 4.39 Å². The van der Waals surface area contributed by atoms with Gasteiger partial charge in [-0.25, -0.2) is 4.39 Å². The molecule has 0 saturated carbocycles. The summed E-state index contributed by atoms with van der Waals surface area (Å²) < 4.78 is 29.8. The minimum absolute atomic E-state index is 0.183. The van der Waals surface area contributed by atoms with Gasteiger partial charge in [-0.15, -0.1) is 0 Å². The Morgan fingerprint density at radius 1 is 1.86 bits per heavy atom. The highest BCUT2D eigenvalue weighted by atomic mass is 31.1. The van der Waals surface area contributed by atoms with Gasteiger partial charge in [0.2, 0.25) is 6.36 Å². The van der Waals surface area contributed by atoms with Crippen molar-refractivity contribution >= 4 is 8.25 Å². The van der Waals surface area contributed by atoms with Crippen molar-refractivity contribution in [1.29, 1.82) is 0 Å². The molecule has 1 rings (SSSR count). The average Bonchev–Trinajstić information content (AvgIpc) is 1.87. The van der Waals surface area contributed by atoms with Gasteiger partial charge in [-0.1, -0.05) is 0 Å². The lowest BCUT2D eigenvalue weighted by molar-refractivity contribution is 0.0919. The second-order valence-corrected chi connectivity index (χ2v) is 2.11. The third kappa shape index (κ3) is 1.23. The van der Waals surface area contributed by atoms with Crippen molar-refractivity contribution in [3.63, 3.8) is 0 Å². The zero-order valence-electron chi connectivity index (χ0n) is 3.39. The Hall–Kier alpha value is 0.0800. The van der Waals surface area contributed by atoms with Crippen molar-refractivity contribution in [3.8, 4) is 0 Å². The maximum atomic E-state index is 11.7. The van der Waals surface area contributed by atoms with E-state index < -0.39 is 14.6 Å². The summed E-state index contributed by atoms with van der Waals surface area (Å²) in [6.45, 7) is -0.183. The number of alkyl halides is 1. The van der Waals surface area contributed by atoms with Gasteiger partial charge in [-0.05, 0) is 0 Å². The molecule has 0 spiro atoms. The van der Waals surface area contributed by atoms with E-state index in [4.69, 9.17) is 0 Å². The molecule has 1 heterocycles. The van der Waals surface area contributed by atoms with Gasteiger partial charge in [0.05, 0.1) is 0 Å². The maximum absolute atomic E-state index is 11.7. The van der Waals surface area contributed by atoms with E-state index in [-0.39, 0.29) is 6.61 Å². The highest BCUT2D eigenvalue weighted by Gasteiger charge is 2.19. The Morgan fingerprint density at radius 3 is 2.71 bits per heavy atom. The zero-order chi connectivity index (χ0) is 5.28. The highest BCUT2D eigenvalue weighted by molar-refractivity contribution is 7.33. The molecule has 42 valence electrons. The second kappa shape index (κ2) is 1.90. The van der Waals surface area contributed by atoms with Crippen molar-refractivity contribution in [3.05, 3.63) is 0 Å².